The molecule has 18 heavy (non-hydrogen) atoms. The van der Waals surface area contributed by atoms with Crippen LogP contribution in [0.3, 0.4) is 0 Å². The molecule has 0 saturated carbocycles. The molecular formula is C15H23FN2. The predicted molar refractivity (Wildman–Crippen MR) is 74.4 cm³/mol. The summed E-state index contributed by atoms with van der Waals surface area (Å²) in [6, 6.07) is 5.82. The van der Waals surface area contributed by atoms with E-state index in [1.165, 1.54) is 12.8 Å². The Morgan fingerprint density at radius 2 is 2.06 bits per heavy atom. The molecule has 1 heterocycles. The highest BCUT2D eigenvalue weighted by Crippen LogP contribution is 2.28. The summed E-state index contributed by atoms with van der Waals surface area (Å²) in [4.78, 5) is 2.33. The third-order valence-electron chi connectivity index (χ3n) is 3.82. The van der Waals surface area contributed by atoms with Crippen molar-refractivity contribution >= 4 is 5.69 Å². The molecule has 1 aromatic rings. The van der Waals surface area contributed by atoms with E-state index in [-0.39, 0.29) is 5.82 Å². The number of rotatable bonds is 3. The van der Waals surface area contributed by atoms with Crippen molar-refractivity contribution in [1.29, 1.82) is 0 Å². The Balaban J connectivity index is 2.25. The minimum absolute atomic E-state index is 0.152. The van der Waals surface area contributed by atoms with Crippen molar-refractivity contribution in [1.82, 2.24) is 0 Å². The summed E-state index contributed by atoms with van der Waals surface area (Å²) >= 11 is 0. The zero-order valence-corrected chi connectivity index (χ0v) is 11.3. The molecule has 0 bridgehead atoms. The summed E-state index contributed by atoms with van der Waals surface area (Å²) in [7, 11) is 0. The molecule has 0 spiro atoms. The van der Waals surface area contributed by atoms with E-state index in [4.69, 9.17) is 5.73 Å². The molecule has 0 radical (unpaired) electrons. The Morgan fingerprint density at radius 1 is 1.28 bits per heavy atom. The van der Waals surface area contributed by atoms with Crippen LogP contribution in [0.1, 0.15) is 32.3 Å². The highest BCUT2D eigenvalue weighted by molar-refractivity contribution is 5.50. The Morgan fingerprint density at radius 3 is 2.78 bits per heavy atom. The Bertz CT molecular complexity index is 405. The number of halogens is 1. The monoisotopic (exact) mass is 250 g/mol. The van der Waals surface area contributed by atoms with Crippen LogP contribution in [0.15, 0.2) is 18.2 Å². The molecule has 1 fully saturated rings. The minimum atomic E-state index is -0.152. The molecule has 0 aromatic heterocycles. The van der Waals surface area contributed by atoms with Gasteiger partial charge in [0.15, 0.2) is 0 Å². The molecule has 2 N–H and O–H groups in total. The second kappa shape index (κ2) is 5.70. The zero-order valence-electron chi connectivity index (χ0n) is 11.3. The summed E-state index contributed by atoms with van der Waals surface area (Å²) in [5, 5.41) is 0. The van der Waals surface area contributed by atoms with Gasteiger partial charge >= 0.3 is 0 Å². The lowest BCUT2D eigenvalue weighted by Gasteiger charge is -2.38. The first kappa shape index (κ1) is 13.3. The van der Waals surface area contributed by atoms with Gasteiger partial charge in [-0.15, -0.1) is 0 Å². The summed E-state index contributed by atoms with van der Waals surface area (Å²) in [6.45, 7) is 6.07. The highest BCUT2D eigenvalue weighted by atomic mass is 19.1. The van der Waals surface area contributed by atoms with Crippen LogP contribution in [-0.2, 0) is 6.42 Å². The average Bonchev–Trinajstić information content (AvgIpc) is 2.32. The van der Waals surface area contributed by atoms with Gasteiger partial charge in [0.2, 0.25) is 0 Å². The topological polar surface area (TPSA) is 29.3 Å². The first-order chi connectivity index (χ1) is 8.60. The highest BCUT2D eigenvalue weighted by Gasteiger charge is 2.23. The molecule has 2 rings (SSSR count). The van der Waals surface area contributed by atoms with Crippen molar-refractivity contribution in [2.75, 3.05) is 18.0 Å². The molecular weight excluding hydrogens is 227 g/mol. The normalized spacial score (nSPS) is 24.3. The van der Waals surface area contributed by atoms with Gasteiger partial charge in [-0.1, -0.05) is 6.92 Å². The Hall–Kier alpha value is -1.09. The van der Waals surface area contributed by atoms with Crippen LogP contribution >= 0.6 is 0 Å². The van der Waals surface area contributed by atoms with E-state index >= 15 is 0 Å². The molecule has 2 unspecified atom stereocenters. The van der Waals surface area contributed by atoms with E-state index in [1.807, 2.05) is 0 Å². The van der Waals surface area contributed by atoms with E-state index in [0.29, 0.717) is 18.5 Å². The standard InChI is InChI=1S/C15H23FN2/c1-11-3-4-12(2)18(10-11)15-8-13(5-6-17)7-14(16)9-15/h7-9,11-12H,3-6,10,17H2,1-2H3. The molecule has 1 aliphatic heterocycles. The lowest BCUT2D eigenvalue weighted by Crippen LogP contribution is -2.41. The molecule has 100 valence electrons. The van der Waals surface area contributed by atoms with Crippen LogP contribution in [0.2, 0.25) is 0 Å². The summed E-state index contributed by atoms with van der Waals surface area (Å²) in [6.07, 6.45) is 3.19. The van der Waals surface area contributed by atoms with Gasteiger partial charge in [-0.25, -0.2) is 4.39 Å². The van der Waals surface area contributed by atoms with E-state index in [0.717, 1.165) is 24.2 Å². The number of anilines is 1. The van der Waals surface area contributed by atoms with Crippen molar-refractivity contribution in [3.63, 3.8) is 0 Å². The van der Waals surface area contributed by atoms with Gasteiger partial charge in [-0.2, -0.15) is 0 Å². The second-order valence-corrected chi connectivity index (χ2v) is 5.54. The predicted octanol–water partition coefficient (Wildman–Crippen LogP) is 2.95. The third-order valence-corrected chi connectivity index (χ3v) is 3.82. The van der Waals surface area contributed by atoms with E-state index < -0.39 is 0 Å². The second-order valence-electron chi connectivity index (χ2n) is 5.54. The first-order valence-corrected chi connectivity index (χ1v) is 6.86. The van der Waals surface area contributed by atoms with Crippen molar-refractivity contribution in [3.8, 4) is 0 Å². The lowest BCUT2D eigenvalue weighted by molar-refractivity contribution is 0.390. The van der Waals surface area contributed by atoms with E-state index in [1.54, 1.807) is 12.1 Å². The molecule has 2 nitrogen and oxygen atoms in total. The fourth-order valence-electron chi connectivity index (χ4n) is 2.76. The largest absolute Gasteiger partial charge is 0.368 e. The van der Waals surface area contributed by atoms with Crippen molar-refractivity contribution in [3.05, 3.63) is 29.6 Å². The quantitative estimate of drug-likeness (QED) is 0.893. The number of nitrogens with zero attached hydrogens (tertiary/aromatic N) is 1. The maximum Gasteiger partial charge on any atom is 0.125 e. The van der Waals surface area contributed by atoms with Crippen molar-refractivity contribution < 1.29 is 4.39 Å². The van der Waals surface area contributed by atoms with Crippen molar-refractivity contribution in [2.45, 2.75) is 39.2 Å². The minimum Gasteiger partial charge on any atom is -0.368 e. The van der Waals surface area contributed by atoms with Crippen LogP contribution in [0.5, 0.6) is 0 Å². The van der Waals surface area contributed by atoms with Gasteiger partial charge < -0.3 is 10.6 Å². The molecule has 0 aliphatic carbocycles. The smallest absolute Gasteiger partial charge is 0.125 e. The zero-order chi connectivity index (χ0) is 13.1. The van der Waals surface area contributed by atoms with Gasteiger partial charge in [-0.05, 0) is 62.4 Å². The first-order valence-electron chi connectivity index (χ1n) is 6.86. The molecule has 1 aliphatic rings. The van der Waals surface area contributed by atoms with Gasteiger partial charge in [0, 0.05) is 18.3 Å². The lowest BCUT2D eigenvalue weighted by atomic mass is 9.94. The van der Waals surface area contributed by atoms with Gasteiger partial charge in [-0.3, -0.25) is 0 Å². The van der Waals surface area contributed by atoms with Crippen molar-refractivity contribution in [2.24, 2.45) is 11.7 Å². The Kier molecular flexibility index (Phi) is 4.23. The maximum absolute atomic E-state index is 13.7. The molecule has 0 amide bonds. The van der Waals surface area contributed by atoms with E-state index in [2.05, 4.69) is 24.8 Å². The Labute approximate surface area is 109 Å². The van der Waals surface area contributed by atoms with Crippen LogP contribution in [0, 0.1) is 11.7 Å². The third kappa shape index (κ3) is 3.02. The maximum atomic E-state index is 13.7. The van der Waals surface area contributed by atoms with Gasteiger partial charge in [0.05, 0.1) is 0 Å². The number of benzene rings is 1. The van der Waals surface area contributed by atoms with Crippen LogP contribution in [-0.4, -0.2) is 19.1 Å². The molecule has 1 aromatic carbocycles. The van der Waals surface area contributed by atoms with Gasteiger partial charge in [0.1, 0.15) is 5.82 Å². The fraction of sp³-hybridized carbons (Fsp3) is 0.600. The summed E-state index contributed by atoms with van der Waals surface area (Å²) in [5.41, 5.74) is 7.56. The van der Waals surface area contributed by atoms with Crippen LogP contribution in [0.25, 0.3) is 0 Å². The molecule has 3 heteroatoms. The number of piperidine rings is 1. The fourth-order valence-corrected chi connectivity index (χ4v) is 2.76. The number of hydrogen-bond donors (Lipinski definition) is 1. The summed E-state index contributed by atoms with van der Waals surface area (Å²) in [5.74, 6) is 0.531. The average molecular weight is 250 g/mol. The number of hydrogen-bond acceptors (Lipinski definition) is 2. The van der Waals surface area contributed by atoms with Crippen LogP contribution < -0.4 is 10.6 Å². The molecule has 1 saturated heterocycles. The van der Waals surface area contributed by atoms with E-state index in [9.17, 15) is 4.39 Å². The van der Waals surface area contributed by atoms with Gasteiger partial charge in [0.25, 0.3) is 0 Å². The van der Waals surface area contributed by atoms with Crippen LogP contribution in [0.4, 0.5) is 10.1 Å². The summed E-state index contributed by atoms with van der Waals surface area (Å²) < 4.78 is 13.7. The molecule has 2 atom stereocenters. The number of nitrogens with two attached hydrogens (primary N) is 1. The SMILES string of the molecule is CC1CCC(C)N(c2cc(F)cc(CCN)c2)C1.